The van der Waals surface area contributed by atoms with Crippen LogP contribution in [0, 0.1) is 0 Å². The summed E-state index contributed by atoms with van der Waals surface area (Å²) in [6.45, 7) is -0.153. The molecule has 27 heavy (non-hydrogen) atoms. The van der Waals surface area contributed by atoms with E-state index < -0.39 is 17.2 Å². The lowest BCUT2D eigenvalue weighted by Crippen LogP contribution is -2.44. The normalized spacial score (nSPS) is 12.3. The number of nitrogens with one attached hydrogen (secondary N) is 1. The molecule has 2 heterocycles. The third-order valence-corrected chi connectivity index (χ3v) is 4.44. The Hall–Kier alpha value is -3.20. The molecule has 0 radical (unpaired) electrons. The molecule has 3 rings (SSSR count). The van der Waals surface area contributed by atoms with Crippen molar-refractivity contribution >= 4 is 17.1 Å². The molecule has 0 saturated carbocycles. The summed E-state index contributed by atoms with van der Waals surface area (Å²) in [7, 11) is 4.73. The van der Waals surface area contributed by atoms with E-state index in [1.807, 2.05) is 30.3 Å². The number of amides is 1. The predicted octanol–water partition coefficient (Wildman–Crippen LogP) is -0.0624. The van der Waals surface area contributed by atoms with Gasteiger partial charge in [-0.05, 0) is 5.56 Å². The molecule has 9 heteroatoms. The molecule has 1 N–H and O–H groups in total. The van der Waals surface area contributed by atoms with E-state index in [0.29, 0.717) is 0 Å². The van der Waals surface area contributed by atoms with Gasteiger partial charge >= 0.3 is 5.69 Å². The van der Waals surface area contributed by atoms with E-state index in [1.165, 1.54) is 22.5 Å². The van der Waals surface area contributed by atoms with Gasteiger partial charge in [-0.3, -0.25) is 14.2 Å². The molecule has 0 aliphatic carbocycles. The van der Waals surface area contributed by atoms with Crippen LogP contribution in [0.15, 0.2) is 46.2 Å². The van der Waals surface area contributed by atoms with Crippen LogP contribution in [0.2, 0.25) is 0 Å². The van der Waals surface area contributed by atoms with Crippen molar-refractivity contribution < 1.29 is 9.53 Å². The molecule has 1 unspecified atom stereocenters. The number of rotatable bonds is 6. The Morgan fingerprint density at radius 2 is 1.93 bits per heavy atom. The summed E-state index contributed by atoms with van der Waals surface area (Å²) in [6.07, 6.45) is 1.13. The molecule has 0 saturated heterocycles. The van der Waals surface area contributed by atoms with Crippen molar-refractivity contribution in [3.8, 4) is 0 Å². The van der Waals surface area contributed by atoms with Crippen LogP contribution in [-0.4, -0.2) is 38.2 Å². The Labute approximate surface area is 154 Å². The minimum Gasteiger partial charge on any atom is -0.375 e. The van der Waals surface area contributed by atoms with Crippen molar-refractivity contribution in [1.29, 1.82) is 0 Å². The van der Waals surface area contributed by atoms with Crippen molar-refractivity contribution in [3.05, 3.63) is 63.1 Å². The van der Waals surface area contributed by atoms with Crippen LogP contribution in [0.3, 0.4) is 0 Å². The Bertz CT molecular complexity index is 1080. The number of carbonyl (C=O) groups is 1. The number of methoxy groups -OCH3 is 1. The lowest BCUT2D eigenvalue weighted by molar-refractivity contribution is -0.122. The molecule has 0 bridgehead atoms. The maximum Gasteiger partial charge on any atom is 0.332 e. The van der Waals surface area contributed by atoms with E-state index in [2.05, 4.69) is 10.3 Å². The third kappa shape index (κ3) is 3.54. The highest BCUT2D eigenvalue weighted by molar-refractivity contribution is 5.76. The van der Waals surface area contributed by atoms with Crippen LogP contribution in [0.25, 0.3) is 11.2 Å². The fourth-order valence-electron chi connectivity index (χ4n) is 2.95. The van der Waals surface area contributed by atoms with Crippen molar-refractivity contribution in [3.63, 3.8) is 0 Å². The van der Waals surface area contributed by atoms with Gasteiger partial charge in [0.1, 0.15) is 6.54 Å². The maximum absolute atomic E-state index is 12.6. The lowest BCUT2D eigenvalue weighted by Gasteiger charge is -2.16. The number of hydrogen-bond donors (Lipinski definition) is 1. The molecule has 1 amide bonds. The molecular weight excluding hydrogens is 350 g/mol. The van der Waals surface area contributed by atoms with Crippen molar-refractivity contribution in [1.82, 2.24) is 24.0 Å². The first kappa shape index (κ1) is 18.6. The minimum absolute atomic E-state index is 0.225. The second kappa shape index (κ2) is 7.58. The quantitative estimate of drug-likeness (QED) is 0.654. The molecule has 0 aliphatic rings. The van der Waals surface area contributed by atoms with E-state index in [-0.39, 0.29) is 30.4 Å². The van der Waals surface area contributed by atoms with Crippen LogP contribution < -0.4 is 16.6 Å². The summed E-state index contributed by atoms with van der Waals surface area (Å²) in [5, 5.41) is 2.72. The molecule has 1 aromatic carbocycles. The zero-order chi connectivity index (χ0) is 19.6. The van der Waals surface area contributed by atoms with Gasteiger partial charge in [-0.15, -0.1) is 0 Å². The highest BCUT2D eigenvalue weighted by atomic mass is 16.5. The molecule has 0 fully saturated rings. The van der Waals surface area contributed by atoms with Gasteiger partial charge in [0.15, 0.2) is 11.2 Å². The van der Waals surface area contributed by atoms with Crippen molar-refractivity contribution in [2.45, 2.75) is 12.6 Å². The van der Waals surface area contributed by atoms with E-state index in [1.54, 1.807) is 14.2 Å². The molecule has 3 aromatic rings. The number of aromatic nitrogens is 4. The number of benzene rings is 1. The van der Waals surface area contributed by atoms with Gasteiger partial charge in [0.25, 0.3) is 5.56 Å². The van der Waals surface area contributed by atoms with Gasteiger partial charge in [0.2, 0.25) is 5.91 Å². The molecule has 0 spiro atoms. The molecule has 2 aromatic heterocycles. The predicted molar refractivity (Wildman–Crippen MR) is 99.4 cm³/mol. The monoisotopic (exact) mass is 371 g/mol. The zero-order valence-corrected chi connectivity index (χ0v) is 15.4. The summed E-state index contributed by atoms with van der Waals surface area (Å²) in [4.78, 5) is 41.5. The number of imidazole rings is 1. The van der Waals surface area contributed by atoms with Crippen LogP contribution in [-0.2, 0) is 30.2 Å². The molecule has 142 valence electrons. The first-order valence-electron chi connectivity index (χ1n) is 8.39. The first-order valence-corrected chi connectivity index (χ1v) is 8.39. The summed E-state index contributed by atoms with van der Waals surface area (Å²) in [5.41, 5.74) is 0.337. The highest BCUT2D eigenvalue weighted by Gasteiger charge is 2.18. The second-order valence-electron chi connectivity index (χ2n) is 6.20. The fraction of sp³-hybridized carbons (Fsp3) is 0.333. The Kier molecular flexibility index (Phi) is 5.22. The summed E-state index contributed by atoms with van der Waals surface area (Å²) in [6, 6.07) is 9.46. The highest BCUT2D eigenvalue weighted by Crippen LogP contribution is 2.14. The topological polar surface area (TPSA) is 100 Å². The Balaban J connectivity index is 1.79. The molecule has 0 aliphatic heterocycles. The average molecular weight is 371 g/mol. The smallest absolute Gasteiger partial charge is 0.332 e. The van der Waals surface area contributed by atoms with E-state index in [0.717, 1.165) is 10.1 Å². The van der Waals surface area contributed by atoms with Gasteiger partial charge < -0.3 is 14.6 Å². The van der Waals surface area contributed by atoms with E-state index >= 15 is 0 Å². The number of hydrogen-bond acceptors (Lipinski definition) is 5. The van der Waals surface area contributed by atoms with Gasteiger partial charge in [-0.25, -0.2) is 14.3 Å². The summed E-state index contributed by atoms with van der Waals surface area (Å²) >= 11 is 0. The number of carbonyl (C=O) groups excluding carboxylic acids is 1. The first-order chi connectivity index (χ1) is 12.9. The fourth-order valence-corrected chi connectivity index (χ4v) is 2.95. The molecule has 1 atom stereocenters. The van der Waals surface area contributed by atoms with Crippen LogP contribution in [0.5, 0.6) is 0 Å². The maximum atomic E-state index is 12.6. The second-order valence-corrected chi connectivity index (χ2v) is 6.20. The SMILES string of the molecule is COC(CNC(=O)Cn1c(=O)c2c(ncn2C)n(C)c1=O)c1ccccc1. The Morgan fingerprint density at radius 3 is 2.59 bits per heavy atom. The number of aryl methyl sites for hydroxylation is 2. The Morgan fingerprint density at radius 1 is 1.22 bits per heavy atom. The van der Waals surface area contributed by atoms with Crippen molar-refractivity contribution in [2.24, 2.45) is 14.1 Å². The average Bonchev–Trinajstić information content (AvgIpc) is 3.06. The van der Waals surface area contributed by atoms with Gasteiger partial charge in [0, 0.05) is 27.7 Å². The number of nitrogens with zero attached hydrogens (tertiary/aromatic N) is 4. The lowest BCUT2D eigenvalue weighted by atomic mass is 10.1. The third-order valence-electron chi connectivity index (χ3n) is 4.44. The molecule has 9 nitrogen and oxygen atoms in total. The summed E-state index contributed by atoms with van der Waals surface area (Å²) in [5.74, 6) is -0.450. The van der Waals surface area contributed by atoms with E-state index in [4.69, 9.17) is 4.74 Å². The molecular formula is C18H21N5O4. The largest absolute Gasteiger partial charge is 0.375 e. The summed E-state index contributed by atoms with van der Waals surface area (Å²) < 4.78 is 9.10. The zero-order valence-electron chi connectivity index (χ0n) is 15.4. The number of fused-ring (bicyclic) bond motifs is 1. The minimum atomic E-state index is -0.590. The standard InChI is InChI=1S/C18H21N5O4/c1-21-11-20-16-15(21)17(25)23(18(26)22(16)2)10-14(24)19-9-13(27-3)12-7-5-4-6-8-12/h4-8,11,13H,9-10H2,1-3H3,(H,19,24). The van der Waals surface area contributed by atoms with Crippen molar-refractivity contribution in [2.75, 3.05) is 13.7 Å². The van der Waals surface area contributed by atoms with Crippen LogP contribution in [0.1, 0.15) is 11.7 Å². The van der Waals surface area contributed by atoms with E-state index in [9.17, 15) is 14.4 Å². The van der Waals surface area contributed by atoms with Gasteiger partial charge in [0.05, 0.1) is 12.4 Å². The van der Waals surface area contributed by atoms with Gasteiger partial charge in [-0.2, -0.15) is 0 Å². The van der Waals surface area contributed by atoms with Gasteiger partial charge in [-0.1, -0.05) is 30.3 Å². The van der Waals surface area contributed by atoms with Crippen LogP contribution in [0.4, 0.5) is 0 Å². The number of ether oxygens (including phenoxy) is 1. The van der Waals surface area contributed by atoms with Crippen LogP contribution >= 0.6 is 0 Å².